The maximum atomic E-state index is 14.0. The number of piperidine rings is 2. The smallest absolute Gasteiger partial charge is 0.250 e. The molecule has 6 saturated heterocycles. The quantitative estimate of drug-likeness (QED) is 0.139. The van der Waals surface area contributed by atoms with Crippen LogP contribution in [0.1, 0.15) is 39.9 Å². The lowest BCUT2D eigenvalue weighted by molar-refractivity contribution is -0.00884. The minimum absolute atomic E-state index is 0.0268. The number of carbonyl (C=O) groups is 1. The second-order valence-electron chi connectivity index (χ2n) is 17.4. The first kappa shape index (κ1) is 47.3. The van der Waals surface area contributed by atoms with E-state index in [4.69, 9.17) is 9.72 Å². The molecule has 6 aliphatic rings. The van der Waals surface area contributed by atoms with Gasteiger partial charge in [0.15, 0.2) is 17.9 Å². The highest BCUT2D eigenvalue weighted by Crippen LogP contribution is 2.37. The second-order valence-corrected chi connectivity index (χ2v) is 19.2. The summed E-state index contributed by atoms with van der Waals surface area (Å²) in [5.41, 5.74) is 7.48. The van der Waals surface area contributed by atoms with Gasteiger partial charge in [-0.05, 0) is 98.8 Å². The fourth-order valence-electron chi connectivity index (χ4n) is 9.65. The molecule has 6 aliphatic heterocycles. The van der Waals surface area contributed by atoms with Gasteiger partial charge in [-0.1, -0.05) is 0 Å². The number of halogens is 4. The van der Waals surface area contributed by atoms with Gasteiger partial charge in [0, 0.05) is 131 Å². The van der Waals surface area contributed by atoms with Crippen molar-refractivity contribution in [2.45, 2.75) is 43.6 Å². The average molecular weight is 1080 g/mol. The first-order valence-corrected chi connectivity index (χ1v) is 24.0. The predicted molar refractivity (Wildman–Crippen MR) is 266 cm³/mol. The Labute approximate surface area is 422 Å². The van der Waals surface area contributed by atoms with Crippen LogP contribution in [-0.2, 0) is 6.54 Å². The fourth-order valence-corrected chi connectivity index (χ4v) is 10.5. The van der Waals surface area contributed by atoms with Crippen LogP contribution >= 0.6 is 31.9 Å². The molecule has 17 nitrogen and oxygen atoms in total. The third-order valence-electron chi connectivity index (χ3n) is 13.0. The summed E-state index contributed by atoms with van der Waals surface area (Å²) in [5.74, 6) is 0.814. The number of nitriles is 2. The maximum Gasteiger partial charge on any atom is 0.250 e. The molecule has 0 spiro atoms. The van der Waals surface area contributed by atoms with Crippen molar-refractivity contribution in [3.63, 3.8) is 0 Å². The van der Waals surface area contributed by atoms with Crippen LogP contribution in [0, 0.1) is 34.3 Å². The van der Waals surface area contributed by atoms with Crippen molar-refractivity contribution in [1.29, 1.82) is 10.5 Å². The van der Waals surface area contributed by atoms with Gasteiger partial charge in [0.25, 0.3) is 0 Å². The minimum atomic E-state index is -0.628. The lowest BCUT2D eigenvalue weighted by atomic mass is 9.87. The third-order valence-corrected chi connectivity index (χ3v) is 13.9. The summed E-state index contributed by atoms with van der Waals surface area (Å²) in [6.45, 7) is 4.46. The summed E-state index contributed by atoms with van der Waals surface area (Å²) in [5, 5.41) is 31.0. The summed E-state index contributed by atoms with van der Waals surface area (Å²) < 4.78 is 41.4. The van der Waals surface area contributed by atoms with Crippen LogP contribution in [-0.4, -0.2) is 115 Å². The number of aldehydes is 1. The van der Waals surface area contributed by atoms with Crippen molar-refractivity contribution < 1.29 is 23.0 Å². The van der Waals surface area contributed by atoms with Gasteiger partial charge < -0.3 is 24.6 Å². The molecule has 14 heterocycles. The lowest BCUT2D eigenvalue weighted by Crippen LogP contribution is -2.68. The third kappa shape index (κ3) is 9.61. The van der Waals surface area contributed by atoms with Gasteiger partial charge >= 0.3 is 0 Å². The normalized spacial score (nSPS) is 18.7. The highest BCUT2D eigenvalue weighted by atomic mass is 79.9. The molecule has 14 rings (SSSR count). The van der Waals surface area contributed by atoms with E-state index in [0.29, 0.717) is 48.1 Å². The van der Waals surface area contributed by atoms with Gasteiger partial charge in [0.05, 0.1) is 48.8 Å². The van der Waals surface area contributed by atoms with E-state index in [9.17, 15) is 24.1 Å². The summed E-state index contributed by atoms with van der Waals surface area (Å²) >= 11 is 7.05. The Hall–Kier alpha value is -7.43. The SMILES string of the molecule is COc1ncc(C=O)cc1F.COc1ncc(CN2C3CC2CN(c2ccc(-c4cc(Br)cn5ncc(C#N)c45)cn2)C3)cc1F.N#Cc1cnn2cc(Br)cc(-c3ccc(N4CC5CC(C4)N5)nc3)c12. The monoisotopic (exact) mass is 1080 g/mol. The van der Waals surface area contributed by atoms with Crippen molar-refractivity contribution in [1.82, 2.24) is 49.4 Å². The summed E-state index contributed by atoms with van der Waals surface area (Å²) in [4.78, 5) is 34.2. The molecule has 0 amide bonds. The number of nitrogens with one attached hydrogen (secondary N) is 1. The van der Waals surface area contributed by atoms with Crippen molar-refractivity contribution in [2.24, 2.45) is 0 Å². The predicted octanol–water partition coefficient (Wildman–Crippen LogP) is 7.66. The Morgan fingerprint density at radius 3 is 1.65 bits per heavy atom. The minimum Gasteiger partial charge on any atom is -0.479 e. The molecule has 358 valence electrons. The van der Waals surface area contributed by atoms with Crippen LogP contribution < -0.4 is 24.6 Å². The summed E-state index contributed by atoms with van der Waals surface area (Å²) in [7, 11) is 2.73. The molecule has 1 N–H and O–H groups in total. The van der Waals surface area contributed by atoms with E-state index in [1.165, 1.54) is 32.9 Å². The number of fused-ring (bicyclic) bond motifs is 6. The standard InChI is InChI=1S/C25H21BrFN7O.C18H15BrN6.C7H6FNO2/c1-35-25-22(27)4-15(8-30-25)11-33-19-6-20(33)14-32(13-19)23-3-2-16(9-29-23)21-5-18(26)12-34-24(21)17(7-28)10-31-34;19-13-3-16(18-12(5-20)7-22-25(18)8-13)11-1-2-17(21-6-11)24-9-14-4-15(10-24)23-14;1-11-7-6(8)2-5(4-10)3-9-7/h2-5,8-10,12,19-20H,6,11,13-14H2,1H3;1-3,6-8,14-15,23H,4,9-10H2;2-4H,1H3. The first-order valence-electron chi connectivity index (χ1n) is 22.4. The molecule has 0 aliphatic carbocycles. The van der Waals surface area contributed by atoms with Gasteiger partial charge in [0.2, 0.25) is 11.8 Å². The molecule has 21 heteroatoms. The second kappa shape index (κ2) is 20.1. The highest BCUT2D eigenvalue weighted by Gasteiger charge is 2.45. The first-order chi connectivity index (χ1) is 34.5. The Morgan fingerprint density at radius 1 is 0.690 bits per heavy atom. The van der Waals surface area contributed by atoms with E-state index < -0.39 is 11.6 Å². The van der Waals surface area contributed by atoms with Crippen molar-refractivity contribution >= 4 is 60.8 Å². The van der Waals surface area contributed by atoms with Crippen molar-refractivity contribution in [3.8, 4) is 46.2 Å². The van der Waals surface area contributed by atoms with E-state index in [-0.39, 0.29) is 17.3 Å². The molecule has 0 radical (unpaired) electrons. The topological polar surface area (TPSA) is 191 Å². The Morgan fingerprint density at radius 2 is 1.20 bits per heavy atom. The van der Waals surface area contributed by atoms with Gasteiger partial charge in [-0.15, -0.1) is 0 Å². The number of methoxy groups -OCH3 is 2. The molecule has 8 aromatic rings. The molecule has 4 unspecified atom stereocenters. The molecular formula is C50H42Br2F2N14O3. The number of rotatable bonds is 9. The van der Waals surface area contributed by atoms with Gasteiger partial charge in [-0.25, -0.2) is 37.7 Å². The number of nitrogens with zero attached hydrogens (tertiary/aromatic N) is 13. The van der Waals surface area contributed by atoms with Crippen LogP contribution in [0.4, 0.5) is 20.4 Å². The van der Waals surface area contributed by atoms with Crippen molar-refractivity contribution in [2.75, 3.05) is 50.2 Å². The molecule has 6 fully saturated rings. The highest BCUT2D eigenvalue weighted by molar-refractivity contribution is 9.10. The van der Waals surface area contributed by atoms with Gasteiger partial charge in [-0.3, -0.25) is 9.69 Å². The molecular weight excluding hydrogens is 1040 g/mol. The van der Waals surface area contributed by atoms with E-state index in [1.54, 1.807) is 27.6 Å². The number of anilines is 2. The molecule has 0 aromatic carbocycles. The van der Waals surface area contributed by atoms with Crippen LogP contribution in [0.25, 0.3) is 33.3 Å². The van der Waals surface area contributed by atoms with E-state index in [0.717, 1.165) is 98.1 Å². The van der Waals surface area contributed by atoms with Gasteiger partial charge in [-0.2, -0.15) is 20.7 Å². The number of ether oxygens (including phenoxy) is 2. The largest absolute Gasteiger partial charge is 0.479 e. The molecule has 0 saturated carbocycles. The van der Waals surface area contributed by atoms with E-state index in [2.05, 4.69) is 106 Å². The van der Waals surface area contributed by atoms with Crippen LogP contribution in [0.2, 0.25) is 0 Å². The van der Waals surface area contributed by atoms with E-state index >= 15 is 0 Å². The fraction of sp³-hybridized carbons (Fsp3) is 0.260. The number of pyridine rings is 6. The lowest BCUT2D eigenvalue weighted by Gasteiger charge is -2.56. The van der Waals surface area contributed by atoms with Crippen LogP contribution in [0.5, 0.6) is 11.8 Å². The summed E-state index contributed by atoms with van der Waals surface area (Å²) in [6.07, 6.45) is 16.5. The number of aromatic nitrogens is 8. The number of hydrogen-bond acceptors (Lipinski definition) is 15. The molecule has 71 heavy (non-hydrogen) atoms. The average Bonchev–Trinajstić information content (AvgIpc) is 4.01. The Bertz CT molecular complexity index is 3350. The van der Waals surface area contributed by atoms with Crippen LogP contribution in [0.15, 0.2) is 107 Å². The molecule has 4 atom stereocenters. The summed E-state index contributed by atoms with van der Waals surface area (Å²) in [6, 6.07) is 21.2. The number of hydrogen-bond donors (Lipinski definition) is 1. The van der Waals surface area contributed by atoms with E-state index in [1.807, 2.05) is 49.1 Å². The Balaban J connectivity index is 0.000000140. The van der Waals surface area contributed by atoms with Crippen LogP contribution in [0.3, 0.4) is 0 Å². The molecule has 8 aromatic heterocycles. The zero-order valence-corrected chi connectivity index (χ0v) is 41.3. The zero-order valence-electron chi connectivity index (χ0n) is 38.1. The van der Waals surface area contributed by atoms with Gasteiger partial charge in [0.1, 0.15) is 23.8 Å². The van der Waals surface area contributed by atoms with Crippen molar-refractivity contribution in [3.05, 3.63) is 141 Å². The number of carbonyl (C=O) groups excluding carboxylic acids is 1. The number of piperazine rings is 2. The Kier molecular flexibility index (Phi) is 13.4. The molecule has 4 bridgehead atoms. The maximum absolute atomic E-state index is 14.0. The zero-order chi connectivity index (χ0) is 49.3.